The molecule has 0 heterocycles. The topological polar surface area (TPSA) is 33.5 Å². The molecule has 1 atom stereocenters. The molecule has 2 N–H and O–H groups in total. The van der Waals surface area contributed by atoms with Gasteiger partial charge in [-0.25, -0.2) is 4.39 Å². The normalized spacial score (nSPS) is 12.0. The van der Waals surface area contributed by atoms with Gasteiger partial charge in [-0.05, 0) is 31.2 Å². The predicted octanol–water partition coefficient (Wildman–Crippen LogP) is 2.38. The Labute approximate surface area is 140 Å². The van der Waals surface area contributed by atoms with Crippen LogP contribution < -0.4 is 10.2 Å². The summed E-state index contributed by atoms with van der Waals surface area (Å²) in [5.41, 5.74) is 1.98. The lowest BCUT2D eigenvalue weighted by molar-refractivity contribution is -0.868. The van der Waals surface area contributed by atoms with Crippen molar-refractivity contribution < 1.29 is 14.1 Å². The van der Waals surface area contributed by atoms with E-state index in [0.29, 0.717) is 11.4 Å². The second-order valence-corrected chi connectivity index (χ2v) is 6.71. The van der Waals surface area contributed by atoms with Crippen LogP contribution in [0.15, 0.2) is 53.4 Å². The Bertz CT molecular complexity index is 646. The summed E-state index contributed by atoms with van der Waals surface area (Å²) in [6.45, 7) is 3.20. The maximum Gasteiger partial charge on any atom is 0.279 e. The first kappa shape index (κ1) is 17.5. The third-order valence-electron chi connectivity index (χ3n) is 3.42. The van der Waals surface area contributed by atoms with Crippen LogP contribution in [0.4, 0.5) is 10.1 Å². The third-order valence-corrected chi connectivity index (χ3v) is 4.47. The van der Waals surface area contributed by atoms with Crippen LogP contribution in [0.3, 0.4) is 0 Å². The van der Waals surface area contributed by atoms with Gasteiger partial charge in [0, 0.05) is 16.3 Å². The number of halogens is 1. The minimum absolute atomic E-state index is 0.0118. The Balaban J connectivity index is 1.71. The molecular weight excluding hydrogens is 311 g/mol. The van der Waals surface area contributed by atoms with Crippen molar-refractivity contribution in [2.24, 2.45) is 0 Å². The summed E-state index contributed by atoms with van der Waals surface area (Å²) in [5.74, 6) is 0.569. The monoisotopic (exact) mass is 333 g/mol. The van der Waals surface area contributed by atoms with Gasteiger partial charge in [-0.2, -0.15) is 0 Å². The number of anilines is 1. The van der Waals surface area contributed by atoms with Crippen LogP contribution in [0.1, 0.15) is 5.56 Å². The molecule has 0 radical (unpaired) electrons. The highest BCUT2D eigenvalue weighted by molar-refractivity contribution is 7.99. The van der Waals surface area contributed by atoms with Crippen molar-refractivity contribution >= 4 is 23.4 Å². The summed E-state index contributed by atoms with van der Waals surface area (Å²) < 4.78 is 13.5. The van der Waals surface area contributed by atoms with E-state index in [1.807, 2.05) is 44.3 Å². The summed E-state index contributed by atoms with van der Waals surface area (Å²) in [4.78, 5) is 13.7. The average Bonchev–Trinajstić information content (AvgIpc) is 2.51. The SMILES string of the molecule is Cc1ccc(NC(=O)C[NH+](C)CCSc2ccccc2F)cc1. The van der Waals surface area contributed by atoms with Gasteiger partial charge >= 0.3 is 0 Å². The summed E-state index contributed by atoms with van der Waals surface area (Å²) >= 11 is 1.48. The molecule has 122 valence electrons. The number of amides is 1. The maximum atomic E-state index is 13.5. The fourth-order valence-corrected chi connectivity index (χ4v) is 3.15. The molecule has 0 spiro atoms. The lowest BCUT2D eigenvalue weighted by atomic mass is 10.2. The van der Waals surface area contributed by atoms with Crippen molar-refractivity contribution in [2.75, 3.05) is 31.2 Å². The molecule has 1 amide bonds. The smallest absolute Gasteiger partial charge is 0.279 e. The molecule has 0 saturated heterocycles. The van der Waals surface area contributed by atoms with Crippen molar-refractivity contribution in [3.8, 4) is 0 Å². The summed E-state index contributed by atoms with van der Waals surface area (Å²) in [6.07, 6.45) is 0. The second-order valence-electron chi connectivity index (χ2n) is 5.58. The molecule has 2 aromatic carbocycles. The van der Waals surface area contributed by atoms with Crippen LogP contribution in [-0.4, -0.2) is 31.8 Å². The Hall–Kier alpha value is -1.85. The van der Waals surface area contributed by atoms with Crippen molar-refractivity contribution in [1.29, 1.82) is 0 Å². The molecule has 0 bridgehead atoms. The molecular formula is C18H22FN2OS+. The van der Waals surface area contributed by atoms with Crippen molar-refractivity contribution in [2.45, 2.75) is 11.8 Å². The average molecular weight is 333 g/mol. The van der Waals surface area contributed by atoms with Crippen molar-refractivity contribution in [3.63, 3.8) is 0 Å². The number of hydrogen-bond acceptors (Lipinski definition) is 2. The fourth-order valence-electron chi connectivity index (χ4n) is 2.10. The van der Waals surface area contributed by atoms with Gasteiger partial charge in [0.1, 0.15) is 5.82 Å². The molecule has 5 heteroatoms. The number of quaternary nitrogens is 1. The van der Waals surface area contributed by atoms with Gasteiger partial charge in [-0.3, -0.25) is 4.79 Å². The van der Waals surface area contributed by atoms with E-state index >= 15 is 0 Å². The molecule has 1 unspecified atom stereocenters. The Morgan fingerprint density at radius 3 is 2.57 bits per heavy atom. The van der Waals surface area contributed by atoms with Gasteiger partial charge in [0.2, 0.25) is 0 Å². The number of thioether (sulfide) groups is 1. The highest BCUT2D eigenvalue weighted by Gasteiger charge is 2.10. The van der Waals surface area contributed by atoms with E-state index in [4.69, 9.17) is 0 Å². The molecule has 0 aliphatic rings. The van der Waals surface area contributed by atoms with Crippen LogP contribution in [0, 0.1) is 12.7 Å². The first-order chi connectivity index (χ1) is 11.0. The summed E-state index contributed by atoms with van der Waals surface area (Å²) in [6, 6.07) is 14.5. The van der Waals surface area contributed by atoms with E-state index < -0.39 is 0 Å². The van der Waals surface area contributed by atoms with E-state index in [0.717, 1.165) is 28.4 Å². The molecule has 0 aliphatic carbocycles. The first-order valence-electron chi connectivity index (χ1n) is 7.60. The van der Waals surface area contributed by atoms with E-state index in [2.05, 4.69) is 5.32 Å². The van der Waals surface area contributed by atoms with E-state index in [1.54, 1.807) is 12.1 Å². The Morgan fingerprint density at radius 1 is 1.17 bits per heavy atom. The molecule has 23 heavy (non-hydrogen) atoms. The van der Waals surface area contributed by atoms with E-state index in [-0.39, 0.29) is 11.7 Å². The number of nitrogens with one attached hydrogen (secondary N) is 2. The highest BCUT2D eigenvalue weighted by atomic mass is 32.2. The maximum absolute atomic E-state index is 13.5. The Kier molecular flexibility index (Phi) is 6.62. The van der Waals surface area contributed by atoms with Crippen LogP contribution in [-0.2, 0) is 4.79 Å². The third kappa shape index (κ3) is 6.04. The molecule has 0 fully saturated rings. The molecule has 0 aromatic heterocycles. The standard InChI is InChI=1S/C18H21FN2OS/c1-14-7-9-15(10-8-14)20-18(22)13-21(2)11-12-23-17-6-4-3-5-16(17)19/h3-10H,11-13H2,1-2H3,(H,20,22)/p+1. The van der Waals surface area contributed by atoms with Gasteiger partial charge in [-0.15, -0.1) is 11.8 Å². The van der Waals surface area contributed by atoms with Gasteiger partial charge in [-0.1, -0.05) is 29.8 Å². The number of likely N-dealkylation sites (N-methyl/N-ethyl adjacent to an activating group) is 1. The van der Waals surface area contributed by atoms with Crippen LogP contribution in [0.2, 0.25) is 0 Å². The van der Waals surface area contributed by atoms with Crippen LogP contribution in [0.5, 0.6) is 0 Å². The fraction of sp³-hybridized carbons (Fsp3) is 0.278. The number of benzene rings is 2. The second kappa shape index (κ2) is 8.70. The molecule has 2 aromatic rings. The number of hydrogen-bond donors (Lipinski definition) is 2. The molecule has 3 nitrogen and oxygen atoms in total. The lowest BCUT2D eigenvalue weighted by Crippen LogP contribution is -3.10. The largest absolute Gasteiger partial charge is 0.329 e. The molecule has 2 rings (SSSR count). The minimum Gasteiger partial charge on any atom is -0.329 e. The van der Waals surface area contributed by atoms with Crippen molar-refractivity contribution in [1.82, 2.24) is 0 Å². The van der Waals surface area contributed by atoms with E-state index in [1.165, 1.54) is 17.8 Å². The van der Waals surface area contributed by atoms with Gasteiger partial charge in [0.25, 0.3) is 5.91 Å². The minimum atomic E-state index is -0.188. The summed E-state index contributed by atoms with van der Waals surface area (Å²) in [7, 11) is 1.97. The zero-order chi connectivity index (χ0) is 16.7. The van der Waals surface area contributed by atoms with Gasteiger partial charge < -0.3 is 10.2 Å². The summed E-state index contributed by atoms with van der Waals surface area (Å²) in [5, 5.41) is 2.89. The zero-order valence-electron chi connectivity index (χ0n) is 13.4. The molecule has 0 aliphatic heterocycles. The van der Waals surface area contributed by atoms with Crippen LogP contribution in [0.25, 0.3) is 0 Å². The van der Waals surface area contributed by atoms with Crippen LogP contribution >= 0.6 is 11.8 Å². The van der Waals surface area contributed by atoms with Crippen molar-refractivity contribution in [3.05, 3.63) is 59.9 Å². The van der Waals surface area contributed by atoms with E-state index in [9.17, 15) is 9.18 Å². The predicted molar refractivity (Wildman–Crippen MR) is 93.6 cm³/mol. The Morgan fingerprint density at radius 2 is 1.87 bits per heavy atom. The number of aryl methyl sites for hydroxylation is 1. The number of carbonyl (C=O) groups excluding carboxylic acids is 1. The van der Waals surface area contributed by atoms with Gasteiger partial charge in [0.05, 0.1) is 13.6 Å². The number of carbonyl (C=O) groups is 1. The number of rotatable bonds is 7. The zero-order valence-corrected chi connectivity index (χ0v) is 14.3. The van der Waals surface area contributed by atoms with Gasteiger partial charge in [0.15, 0.2) is 6.54 Å². The highest BCUT2D eigenvalue weighted by Crippen LogP contribution is 2.19. The molecule has 0 saturated carbocycles. The lowest BCUT2D eigenvalue weighted by Gasteiger charge is -2.14. The first-order valence-corrected chi connectivity index (χ1v) is 8.58. The quantitative estimate of drug-likeness (QED) is 0.763.